The fourth-order valence-corrected chi connectivity index (χ4v) is 2.92. The van der Waals surface area contributed by atoms with Crippen LogP contribution >= 0.6 is 0 Å². The average Bonchev–Trinajstić information content (AvgIpc) is 3.26. The zero-order chi connectivity index (χ0) is 20.2. The molecule has 0 aliphatic carbocycles. The van der Waals surface area contributed by atoms with Crippen LogP contribution in [0.2, 0.25) is 0 Å². The van der Waals surface area contributed by atoms with Gasteiger partial charge in [-0.1, -0.05) is 18.2 Å². The number of anilines is 3. The number of aromatic nitrogens is 4. The summed E-state index contributed by atoms with van der Waals surface area (Å²) in [5, 5.41) is 13.4. The van der Waals surface area contributed by atoms with Crippen LogP contribution in [0.15, 0.2) is 54.7 Å². The van der Waals surface area contributed by atoms with Crippen molar-refractivity contribution in [3.8, 4) is 11.5 Å². The number of fused-ring (bicyclic) bond motifs is 1. The molecule has 0 fully saturated rings. The fraction of sp³-hybridized carbons (Fsp3) is 0.100. The highest BCUT2D eigenvalue weighted by atomic mass is 16.5. The van der Waals surface area contributed by atoms with Crippen LogP contribution in [0.4, 0.5) is 17.6 Å². The van der Waals surface area contributed by atoms with Crippen molar-refractivity contribution in [1.29, 1.82) is 0 Å². The minimum absolute atomic E-state index is 0.153. The third kappa shape index (κ3) is 3.65. The molecule has 0 atom stereocenters. The zero-order valence-electron chi connectivity index (χ0n) is 15.8. The van der Waals surface area contributed by atoms with Gasteiger partial charge in [0.05, 0.1) is 31.5 Å². The lowest BCUT2D eigenvalue weighted by molar-refractivity contribution is 0.102. The van der Waals surface area contributed by atoms with Crippen LogP contribution in [0.3, 0.4) is 0 Å². The lowest BCUT2D eigenvalue weighted by atomic mass is 10.1. The number of carbonyl (C=O) groups excluding carboxylic acids is 1. The van der Waals surface area contributed by atoms with E-state index in [0.29, 0.717) is 34.2 Å². The third-order valence-electron chi connectivity index (χ3n) is 4.23. The quantitative estimate of drug-likeness (QED) is 0.462. The molecule has 2 aromatic carbocycles. The van der Waals surface area contributed by atoms with Crippen LogP contribution in [0.1, 0.15) is 10.4 Å². The van der Waals surface area contributed by atoms with Crippen molar-refractivity contribution in [3.63, 3.8) is 0 Å². The molecule has 3 N–H and O–H groups in total. The summed E-state index contributed by atoms with van der Waals surface area (Å²) in [4.78, 5) is 21.8. The maximum Gasteiger partial charge on any atom is 0.261 e. The number of nitrogens with zero attached hydrogens (tertiary/aromatic N) is 3. The Morgan fingerprint density at radius 3 is 2.62 bits per heavy atom. The summed E-state index contributed by atoms with van der Waals surface area (Å²) < 4.78 is 10.6. The number of hydrogen-bond acceptors (Lipinski definition) is 7. The normalized spacial score (nSPS) is 10.6. The molecule has 4 aromatic rings. The Bertz CT molecular complexity index is 1160. The van der Waals surface area contributed by atoms with Crippen molar-refractivity contribution >= 4 is 34.4 Å². The van der Waals surface area contributed by atoms with E-state index in [2.05, 4.69) is 30.8 Å². The SMILES string of the molecule is COc1cccc(C(=O)Nc2nc(Nc3ccn[nH]3)c3ccccc3n2)c1OC. The van der Waals surface area contributed by atoms with E-state index in [1.54, 1.807) is 30.5 Å². The second-order valence-electron chi connectivity index (χ2n) is 6.00. The molecule has 29 heavy (non-hydrogen) atoms. The molecular weight excluding hydrogens is 372 g/mol. The van der Waals surface area contributed by atoms with Crippen LogP contribution < -0.4 is 20.1 Å². The van der Waals surface area contributed by atoms with Crippen LogP contribution in [0, 0.1) is 0 Å². The summed E-state index contributed by atoms with van der Waals surface area (Å²) >= 11 is 0. The van der Waals surface area contributed by atoms with Gasteiger partial charge < -0.3 is 14.8 Å². The van der Waals surface area contributed by atoms with E-state index >= 15 is 0 Å². The number of para-hydroxylation sites is 2. The maximum atomic E-state index is 12.9. The Morgan fingerprint density at radius 1 is 1.00 bits per heavy atom. The highest BCUT2D eigenvalue weighted by Gasteiger charge is 2.18. The second kappa shape index (κ2) is 7.85. The van der Waals surface area contributed by atoms with Crippen molar-refractivity contribution < 1.29 is 14.3 Å². The number of amides is 1. The van der Waals surface area contributed by atoms with Crippen molar-refractivity contribution in [3.05, 3.63) is 60.3 Å². The summed E-state index contributed by atoms with van der Waals surface area (Å²) in [5.74, 6) is 1.74. The largest absolute Gasteiger partial charge is 0.493 e. The summed E-state index contributed by atoms with van der Waals surface area (Å²) in [7, 11) is 2.99. The maximum absolute atomic E-state index is 12.9. The molecule has 0 unspecified atom stereocenters. The van der Waals surface area contributed by atoms with Gasteiger partial charge in [-0.25, -0.2) is 4.98 Å². The number of nitrogens with one attached hydrogen (secondary N) is 3. The Hall–Kier alpha value is -4.14. The van der Waals surface area contributed by atoms with Gasteiger partial charge in [0.15, 0.2) is 11.5 Å². The molecule has 1 amide bonds. The van der Waals surface area contributed by atoms with Crippen molar-refractivity contribution in [2.24, 2.45) is 0 Å². The molecular formula is C20H18N6O3. The molecule has 9 heteroatoms. The highest BCUT2D eigenvalue weighted by molar-refractivity contribution is 6.06. The van der Waals surface area contributed by atoms with Gasteiger partial charge in [-0.2, -0.15) is 10.1 Å². The van der Waals surface area contributed by atoms with Gasteiger partial charge in [-0.3, -0.25) is 15.2 Å². The van der Waals surface area contributed by atoms with E-state index in [1.807, 2.05) is 24.3 Å². The van der Waals surface area contributed by atoms with E-state index in [9.17, 15) is 4.79 Å². The minimum Gasteiger partial charge on any atom is -0.493 e. The van der Waals surface area contributed by atoms with Gasteiger partial charge in [0, 0.05) is 11.5 Å². The molecule has 2 aromatic heterocycles. The molecule has 9 nitrogen and oxygen atoms in total. The van der Waals surface area contributed by atoms with Gasteiger partial charge >= 0.3 is 0 Å². The van der Waals surface area contributed by atoms with Crippen LogP contribution in [-0.2, 0) is 0 Å². The fourth-order valence-electron chi connectivity index (χ4n) is 2.92. The van der Waals surface area contributed by atoms with Gasteiger partial charge in [0.25, 0.3) is 5.91 Å². The van der Waals surface area contributed by atoms with Gasteiger partial charge in [-0.15, -0.1) is 0 Å². The lowest BCUT2D eigenvalue weighted by Crippen LogP contribution is -2.16. The molecule has 0 saturated carbocycles. The van der Waals surface area contributed by atoms with E-state index < -0.39 is 5.91 Å². The standard InChI is InChI=1S/C20H18N6O3/c1-28-15-9-5-7-13(17(15)29-2)19(27)25-20-22-14-8-4-3-6-12(14)18(24-20)23-16-10-11-21-26-16/h3-11H,1-2H3,(H3,21,22,23,24,25,26,27). The Kier molecular flexibility index (Phi) is 4.93. The summed E-state index contributed by atoms with van der Waals surface area (Å²) in [6, 6.07) is 14.3. The third-order valence-corrected chi connectivity index (χ3v) is 4.23. The Balaban J connectivity index is 1.70. The zero-order valence-corrected chi connectivity index (χ0v) is 15.8. The van der Waals surface area contributed by atoms with Crippen LogP contribution in [0.5, 0.6) is 11.5 Å². The smallest absolute Gasteiger partial charge is 0.261 e. The average molecular weight is 390 g/mol. The van der Waals surface area contributed by atoms with E-state index in [4.69, 9.17) is 9.47 Å². The summed E-state index contributed by atoms with van der Waals surface area (Å²) in [5.41, 5.74) is 0.990. The van der Waals surface area contributed by atoms with Crippen molar-refractivity contribution in [2.45, 2.75) is 0 Å². The number of aromatic amines is 1. The topological polar surface area (TPSA) is 114 Å². The molecule has 0 saturated heterocycles. The van der Waals surface area contributed by atoms with E-state index in [1.165, 1.54) is 14.2 Å². The molecule has 2 heterocycles. The van der Waals surface area contributed by atoms with E-state index in [0.717, 1.165) is 5.39 Å². The number of methoxy groups -OCH3 is 2. The number of carbonyl (C=O) groups is 1. The van der Waals surface area contributed by atoms with Crippen molar-refractivity contribution in [1.82, 2.24) is 20.2 Å². The minimum atomic E-state index is -0.413. The van der Waals surface area contributed by atoms with Gasteiger partial charge in [0.2, 0.25) is 5.95 Å². The Labute approximate surface area is 166 Å². The lowest BCUT2D eigenvalue weighted by Gasteiger charge is -2.13. The predicted molar refractivity (Wildman–Crippen MR) is 109 cm³/mol. The molecule has 0 radical (unpaired) electrons. The Morgan fingerprint density at radius 2 is 1.86 bits per heavy atom. The first-order valence-electron chi connectivity index (χ1n) is 8.75. The summed E-state index contributed by atoms with van der Waals surface area (Å²) in [6.07, 6.45) is 1.63. The van der Waals surface area contributed by atoms with Crippen LogP contribution in [-0.4, -0.2) is 40.3 Å². The molecule has 0 aliphatic heterocycles. The molecule has 0 aliphatic rings. The van der Waals surface area contributed by atoms with Gasteiger partial charge in [-0.05, 0) is 24.3 Å². The number of H-pyrrole nitrogens is 1. The first-order chi connectivity index (χ1) is 14.2. The van der Waals surface area contributed by atoms with Crippen molar-refractivity contribution in [2.75, 3.05) is 24.9 Å². The monoisotopic (exact) mass is 390 g/mol. The first kappa shape index (κ1) is 18.2. The number of rotatable bonds is 6. The number of hydrogen-bond donors (Lipinski definition) is 3. The molecule has 4 rings (SSSR count). The molecule has 146 valence electrons. The molecule has 0 bridgehead atoms. The van der Waals surface area contributed by atoms with Gasteiger partial charge in [0.1, 0.15) is 11.6 Å². The predicted octanol–water partition coefficient (Wildman–Crippen LogP) is 3.37. The second-order valence-corrected chi connectivity index (χ2v) is 6.00. The van der Waals surface area contributed by atoms with E-state index in [-0.39, 0.29) is 5.95 Å². The molecule has 0 spiro atoms. The number of ether oxygens (including phenoxy) is 2. The number of benzene rings is 2. The highest BCUT2D eigenvalue weighted by Crippen LogP contribution is 2.31. The summed E-state index contributed by atoms with van der Waals surface area (Å²) in [6.45, 7) is 0. The van der Waals surface area contributed by atoms with Crippen LogP contribution in [0.25, 0.3) is 10.9 Å². The first-order valence-corrected chi connectivity index (χ1v) is 8.75.